The summed E-state index contributed by atoms with van der Waals surface area (Å²) in [5.74, 6) is 0.993. The minimum Gasteiger partial charge on any atom is -0.393 e. The summed E-state index contributed by atoms with van der Waals surface area (Å²) in [6.07, 6.45) is 6.01. The van der Waals surface area contributed by atoms with Crippen LogP contribution in [0.1, 0.15) is 43.2 Å². The molecule has 1 N–H and O–H groups in total. The van der Waals surface area contributed by atoms with Crippen LogP contribution in [0.4, 0.5) is 5.82 Å². The predicted octanol–water partition coefficient (Wildman–Crippen LogP) is 2.49. The van der Waals surface area contributed by atoms with E-state index in [0.717, 1.165) is 56.5 Å². The molecule has 1 aromatic rings. The van der Waals surface area contributed by atoms with Gasteiger partial charge >= 0.3 is 0 Å². The predicted molar refractivity (Wildman–Crippen MR) is 75.7 cm³/mol. The van der Waals surface area contributed by atoms with E-state index < -0.39 is 0 Å². The first-order valence-corrected chi connectivity index (χ1v) is 7.51. The minimum absolute atomic E-state index is 0.162. The van der Waals surface area contributed by atoms with E-state index in [1.54, 1.807) is 0 Å². The van der Waals surface area contributed by atoms with Crippen LogP contribution in [0, 0.1) is 6.92 Å². The number of halogens is 1. The van der Waals surface area contributed by atoms with Gasteiger partial charge in [0.25, 0.3) is 0 Å². The average molecular weight is 282 g/mol. The summed E-state index contributed by atoms with van der Waals surface area (Å²) in [6, 6.07) is 0.401. The zero-order chi connectivity index (χ0) is 13.4. The quantitative estimate of drug-likeness (QED) is 0.859. The molecule has 0 radical (unpaired) electrons. The number of rotatable bonds is 1. The van der Waals surface area contributed by atoms with E-state index in [0.29, 0.717) is 11.2 Å². The lowest BCUT2D eigenvalue weighted by atomic mass is 9.90. The van der Waals surface area contributed by atoms with Gasteiger partial charge in [0.1, 0.15) is 0 Å². The fourth-order valence-electron chi connectivity index (χ4n) is 3.36. The van der Waals surface area contributed by atoms with Gasteiger partial charge in [-0.3, -0.25) is 0 Å². The van der Waals surface area contributed by atoms with Crippen molar-refractivity contribution in [3.8, 4) is 0 Å². The Morgan fingerprint density at radius 2 is 2.11 bits per heavy atom. The van der Waals surface area contributed by atoms with Crippen LogP contribution in [0.15, 0.2) is 0 Å². The third-order valence-electron chi connectivity index (χ3n) is 4.42. The molecule has 1 aliphatic carbocycles. The molecular weight excluding hydrogens is 262 g/mol. The Morgan fingerprint density at radius 1 is 1.26 bits per heavy atom. The molecule has 0 spiro atoms. The van der Waals surface area contributed by atoms with Crippen LogP contribution in [-0.2, 0) is 6.42 Å². The summed E-state index contributed by atoms with van der Waals surface area (Å²) in [5, 5.41) is 18.8. The first kappa shape index (κ1) is 13.1. The van der Waals surface area contributed by atoms with Gasteiger partial charge in [-0.1, -0.05) is 11.6 Å². The Hall–Kier alpha value is -0.870. The SMILES string of the molecule is Cc1c(Cl)nnc2c1CCCN2C1CCCC(O)C1. The van der Waals surface area contributed by atoms with E-state index in [2.05, 4.69) is 15.1 Å². The van der Waals surface area contributed by atoms with Gasteiger partial charge in [0, 0.05) is 18.2 Å². The van der Waals surface area contributed by atoms with E-state index in [1.165, 1.54) is 5.56 Å². The van der Waals surface area contributed by atoms with Crippen molar-refractivity contribution >= 4 is 17.4 Å². The van der Waals surface area contributed by atoms with Crippen molar-refractivity contribution in [3.63, 3.8) is 0 Å². The molecule has 104 valence electrons. The molecule has 3 rings (SSSR count). The summed E-state index contributed by atoms with van der Waals surface area (Å²) >= 11 is 6.07. The van der Waals surface area contributed by atoms with Crippen molar-refractivity contribution in [3.05, 3.63) is 16.3 Å². The highest BCUT2D eigenvalue weighted by Crippen LogP contribution is 2.34. The maximum absolute atomic E-state index is 9.87. The van der Waals surface area contributed by atoms with Crippen LogP contribution in [0.2, 0.25) is 5.15 Å². The highest BCUT2D eigenvalue weighted by atomic mass is 35.5. The van der Waals surface area contributed by atoms with Crippen LogP contribution in [0.3, 0.4) is 0 Å². The number of nitrogens with zero attached hydrogens (tertiary/aromatic N) is 3. The molecule has 0 saturated heterocycles. The number of fused-ring (bicyclic) bond motifs is 1. The van der Waals surface area contributed by atoms with E-state index in [4.69, 9.17) is 11.6 Å². The summed E-state index contributed by atoms with van der Waals surface area (Å²) < 4.78 is 0. The smallest absolute Gasteiger partial charge is 0.155 e. The molecular formula is C14H20ClN3O. The summed E-state index contributed by atoms with van der Waals surface area (Å²) in [4.78, 5) is 2.34. The van der Waals surface area contributed by atoms with Gasteiger partial charge < -0.3 is 10.0 Å². The van der Waals surface area contributed by atoms with Gasteiger partial charge in [0.05, 0.1) is 6.10 Å². The molecule has 0 amide bonds. The fraction of sp³-hybridized carbons (Fsp3) is 0.714. The lowest BCUT2D eigenvalue weighted by molar-refractivity contribution is 0.118. The highest BCUT2D eigenvalue weighted by molar-refractivity contribution is 6.30. The van der Waals surface area contributed by atoms with Crippen LogP contribution in [0.25, 0.3) is 0 Å². The number of aliphatic hydroxyl groups is 1. The third-order valence-corrected chi connectivity index (χ3v) is 4.78. The topological polar surface area (TPSA) is 49.2 Å². The van der Waals surface area contributed by atoms with Crippen molar-refractivity contribution in [2.24, 2.45) is 0 Å². The van der Waals surface area contributed by atoms with Gasteiger partial charge in [-0.2, -0.15) is 0 Å². The second-order valence-electron chi connectivity index (χ2n) is 5.69. The van der Waals surface area contributed by atoms with Gasteiger partial charge in [-0.05, 0) is 51.0 Å². The van der Waals surface area contributed by atoms with Crippen molar-refractivity contribution < 1.29 is 5.11 Å². The molecule has 2 heterocycles. The normalized spacial score (nSPS) is 27.2. The Morgan fingerprint density at radius 3 is 2.89 bits per heavy atom. The molecule has 1 saturated carbocycles. The van der Waals surface area contributed by atoms with E-state index in [9.17, 15) is 5.11 Å². The van der Waals surface area contributed by atoms with Gasteiger partial charge in [-0.15, -0.1) is 10.2 Å². The second kappa shape index (κ2) is 5.25. The minimum atomic E-state index is -0.162. The Balaban J connectivity index is 1.92. The molecule has 0 aromatic carbocycles. The number of anilines is 1. The van der Waals surface area contributed by atoms with Crippen LogP contribution in [0.5, 0.6) is 0 Å². The molecule has 1 aromatic heterocycles. The largest absolute Gasteiger partial charge is 0.393 e. The van der Waals surface area contributed by atoms with Crippen molar-refractivity contribution in [1.29, 1.82) is 0 Å². The van der Waals surface area contributed by atoms with Crippen molar-refractivity contribution in [1.82, 2.24) is 10.2 Å². The van der Waals surface area contributed by atoms with E-state index >= 15 is 0 Å². The standard InChI is InChI=1S/C14H20ClN3O/c1-9-12-6-3-7-18(14(12)17-16-13(9)15)10-4-2-5-11(19)8-10/h10-11,19H,2-8H2,1H3. The number of aromatic nitrogens is 2. The Labute approximate surface area is 118 Å². The van der Waals surface area contributed by atoms with Gasteiger partial charge in [0.15, 0.2) is 11.0 Å². The summed E-state index contributed by atoms with van der Waals surface area (Å²) in [7, 11) is 0. The molecule has 4 nitrogen and oxygen atoms in total. The number of hydrogen-bond donors (Lipinski definition) is 1. The average Bonchev–Trinajstić information content (AvgIpc) is 2.42. The van der Waals surface area contributed by atoms with Crippen molar-refractivity contribution in [2.75, 3.05) is 11.4 Å². The van der Waals surface area contributed by atoms with Crippen LogP contribution in [-0.4, -0.2) is 34.0 Å². The monoisotopic (exact) mass is 281 g/mol. The lowest BCUT2D eigenvalue weighted by Gasteiger charge is -2.40. The van der Waals surface area contributed by atoms with Crippen LogP contribution < -0.4 is 4.90 Å². The maximum atomic E-state index is 9.87. The molecule has 19 heavy (non-hydrogen) atoms. The van der Waals surface area contributed by atoms with E-state index in [-0.39, 0.29) is 6.10 Å². The summed E-state index contributed by atoms with van der Waals surface area (Å²) in [6.45, 7) is 3.04. The molecule has 2 unspecified atom stereocenters. The molecule has 1 aliphatic heterocycles. The second-order valence-corrected chi connectivity index (χ2v) is 6.05. The fourth-order valence-corrected chi connectivity index (χ4v) is 3.51. The first-order chi connectivity index (χ1) is 9.16. The zero-order valence-electron chi connectivity index (χ0n) is 11.3. The van der Waals surface area contributed by atoms with E-state index in [1.807, 2.05) is 6.92 Å². The molecule has 2 aliphatic rings. The third kappa shape index (κ3) is 2.43. The molecule has 1 fully saturated rings. The summed E-state index contributed by atoms with van der Waals surface area (Å²) in [5.41, 5.74) is 2.30. The number of aliphatic hydroxyl groups excluding tert-OH is 1. The first-order valence-electron chi connectivity index (χ1n) is 7.13. The van der Waals surface area contributed by atoms with Gasteiger partial charge in [0.2, 0.25) is 0 Å². The number of hydrogen-bond acceptors (Lipinski definition) is 4. The maximum Gasteiger partial charge on any atom is 0.155 e. The molecule has 5 heteroatoms. The van der Waals surface area contributed by atoms with Crippen molar-refractivity contribution in [2.45, 2.75) is 57.6 Å². The highest BCUT2D eigenvalue weighted by Gasteiger charge is 2.30. The molecule has 2 atom stereocenters. The zero-order valence-corrected chi connectivity index (χ0v) is 12.0. The Bertz CT molecular complexity index is 480. The van der Waals surface area contributed by atoms with Gasteiger partial charge in [-0.25, -0.2) is 0 Å². The van der Waals surface area contributed by atoms with Crippen LogP contribution >= 0.6 is 11.6 Å². The Kier molecular flexibility index (Phi) is 3.63. The molecule has 0 bridgehead atoms. The lowest BCUT2D eigenvalue weighted by Crippen LogP contribution is -2.43.